The first-order valence-electron chi connectivity index (χ1n) is 8.44. The van der Waals surface area contributed by atoms with Crippen LogP contribution in [0.25, 0.3) is 0 Å². The molecule has 136 valence electrons. The zero-order valence-electron chi connectivity index (χ0n) is 15.1. The van der Waals surface area contributed by atoms with Crippen LogP contribution in [0.15, 0.2) is 41.1 Å². The molecular formula is C20H19N5O2. The van der Waals surface area contributed by atoms with Crippen LogP contribution in [0, 0.1) is 45.3 Å². The summed E-state index contributed by atoms with van der Waals surface area (Å²) in [4.78, 5) is 0. The van der Waals surface area contributed by atoms with E-state index in [9.17, 15) is 15.8 Å². The Labute approximate surface area is 157 Å². The molecule has 3 rings (SSSR count). The first-order chi connectivity index (χ1) is 13.1. The number of nitriles is 3. The van der Waals surface area contributed by atoms with Crippen LogP contribution in [0.3, 0.4) is 0 Å². The minimum absolute atomic E-state index is 0.00530. The minimum Gasteiger partial charge on any atom is -0.493 e. The number of hydrogen-bond acceptors (Lipinski definition) is 7. The molecule has 7 nitrogen and oxygen atoms in total. The number of fused-ring (bicyclic) bond motifs is 1. The zero-order valence-corrected chi connectivity index (χ0v) is 15.1. The summed E-state index contributed by atoms with van der Waals surface area (Å²) >= 11 is 0. The number of ether oxygens (including phenoxy) is 2. The Morgan fingerprint density at radius 3 is 2.52 bits per heavy atom. The first-order valence-corrected chi connectivity index (χ1v) is 8.44. The maximum absolute atomic E-state index is 10.0. The predicted octanol–water partition coefficient (Wildman–Crippen LogP) is 1.72. The van der Waals surface area contributed by atoms with E-state index in [2.05, 4.69) is 23.5 Å². The number of para-hydroxylation sites is 1. The van der Waals surface area contributed by atoms with Crippen molar-refractivity contribution in [2.75, 3.05) is 27.3 Å². The Bertz CT molecular complexity index is 944. The van der Waals surface area contributed by atoms with Crippen LogP contribution in [-0.2, 0) is 0 Å². The van der Waals surface area contributed by atoms with E-state index in [0.717, 1.165) is 5.57 Å². The molecule has 7 heteroatoms. The number of rotatable bonds is 3. The lowest BCUT2D eigenvalue weighted by Gasteiger charge is -2.43. The van der Waals surface area contributed by atoms with E-state index in [4.69, 9.17) is 15.2 Å². The molecule has 1 aliphatic carbocycles. The number of nitrogens with zero attached hydrogens (tertiary/aromatic N) is 3. The van der Waals surface area contributed by atoms with Crippen molar-refractivity contribution in [3.63, 3.8) is 0 Å². The van der Waals surface area contributed by atoms with E-state index in [-0.39, 0.29) is 17.2 Å². The Kier molecular flexibility index (Phi) is 4.77. The van der Waals surface area contributed by atoms with E-state index in [0.29, 0.717) is 30.2 Å². The van der Waals surface area contributed by atoms with Crippen LogP contribution in [-0.4, -0.2) is 27.3 Å². The average Bonchev–Trinajstić information content (AvgIpc) is 2.72. The van der Waals surface area contributed by atoms with Crippen molar-refractivity contribution in [3.05, 3.63) is 46.7 Å². The first kappa shape index (κ1) is 18.3. The molecule has 1 aliphatic heterocycles. The van der Waals surface area contributed by atoms with E-state index < -0.39 is 11.3 Å². The maximum Gasteiger partial charge on any atom is 0.191 e. The minimum atomic E-state index is -1.69. The number of nitrogens with two attached hydrogens (primary N) is 1. The highest BCUT2D eigenvalue weighted by atomic mass is 16.5. The molecule has 0 spiro atoms. The number of methoxy groups -OCH3 is 2. The molecule has 0 radical (unpaired) electrons. The summed E-state index contributed by atoms with van der Waals surface area (Å²) in [5.74, 6) is 0.0652. The van der Waals surface area contributed by atoms with Crippen molar-refractivity contribution in [2.45, 2.75) is 5.92 Å². The quantitative estimate of drug-likeness (QED) is 0.838. The van der Waals surface area contributed by atoms with Gasteiger partial charge in [0.2, 0.25) is 0 Å². The third kappa shape index (κ3) is 2.51. The highest BCUT2D eigenvalue weighted by Crippen LogP contribution is 2.56. The van der Waals surface area contributed by atoms with Gasteiger partial charge in [0.05, 0.1) is 37.6 Å². The molecule has 1 aromatic rings. The molecule has 2 aliphatic rings. The summed E-state index contributed by atoms with van der Waals surface area (Å²) in [5.41, 5.74) is 6.22. The summed E-state index contributed by atoms with van der Waals surface area (Å²) in [6, 6.07) is 11.7. The normalized spacial score (nSPS) is 23.1. The predicted molar refractivity (Wildman–Crippen MR) is 97.2 cm³/mol. The third-order valence-electron chi connectivity index (χ3n) is 5.31. The van der Waals surface area contributed by atoms with Gasteiger partial charge in [-0.2, -0.15) is 15.8 Å². The monoisotopic (exact) mass is 361 g/mol. The Morgan fingerprint density at radius 2 is 1.93 bits per heavy atom. The van der Waals surface area contributed by atoms with Crippen molar-refractivity contribution in [2.24, 2.45) is 17.1 Å². The lowest BCUT2D eigenvalue weighted by Crippen LogP contribution is -2.47. The summed E-state index contributed by atoms with van der Waals surface area (Å²) < 4.78 is 11.0. The van der Waals surface area contributed by atoms with Crippen LogP contribution in [0.5, 0.6) is 11.5 Å². The molecule has 0 fully saturated rings. The van der Waals surface area contributed by atoms with Crippen molar-refractivity contribution in [1.29, 1.82) is 15.8 Å². The molecule has 3 N–H and O–H groups in total. The van der Waals surface area contributed by atoms with Gasteiger partial charge < -0.3 is 20.5 Å². The molecule has 1 heterocycles. The number of hydrogen-bond donors (Lipinski definition) is 2. The highest BCUT2D eigenvalue weighted by Gasteiger charge is 2.54. The van der Waals surface area contributed by atoms with E-state index >= 15 is 0 Å². The average molecular weight is 361 g/mol. The zero-order chi connectivity index (χ0) is 19.6. The molecule has 2 atom stereocenters. The number of allylic oxidation sites excluding steroid dienone is 2. The lowest BCUT2D eigenvalue weighted by molar-refractivity contribution is 0.305. The number of benzene rings is 1. The highest BCUT2D eigenvalue weighted by molar-refractivity contribution is 5.62. The van der Waals surface area contributed by atoms with Crippen LogP contribution in [0.1, 0.15) is 11.5 Å². The van der Waals surface area contributed by atoms with Gasteiger partial charge in [-0.05, 0) is 11.6 Å². The fraction of sp³-hybridized carbons (Fsp3) is 0.350. The van der Waals surface area contributed by atoms with Gasteiger partial charge in [-0.25, -0.2) is 0 Å². The molecule has 1 aromatic carbocycles. The molecule has 0 saturated heterocycles. The van der Waals surface area contributed by atoms with Gasteiger partial charge in [-0.3, -0.25) is 0 Å². The Balaban J connectivity index is 2.38. The second-order valence-electron chi connectivity index (χ2n) is 6.42. The Hall–Kier alpha value is -3.47. The van der Waals surface area contributed by atoms with Gasteiger partial charge in [0.1, 0.15) is 6.07 Å². The molecule has 0 amide bonds. The largest absolute Gasteiger partial charge is 0.493 e. The van der Waals surface area contributed by atoms with Gasteiger partial charge in [-0.15, -0.1) is 0 Å². The fourth-order valence-electron chi connectivity index (χ4n) is 4.11. The Morgan fingerprint density at radius 1 is 1.19 bits per heavy atom. The van der Waals surface area contributed by atoms with Gasteiger partial charge in [0, 0.05) is 30.5 Å². The van der Waals surface area contributed by atoms with Crippen molar-refractivity contribution in [3.8, 4) is 29.7 Å². The van der Waals surface area contributed by atoms with Gasteiger partial charge in [0.15, 0.2) is 16.9 Å². The second-order valence-corrected chi connectivity index (χ2v) is 6.42. The number of nitrogens with one attached hydrogen (secondary N) is 1. The van der Waals surface area contributed by atoms with Gasteiger partial charge in [0.25, 0.3) is 0 Å². The van der Waals surface area contributed by atoms with E-state index in [1.165, 1.54) is 14.2 Å². The van der Waals surface area contributed by atoms with Crippen molar-refractivity contribution in [1.82, 2.24) is 5.32 Å². The second kappa shape index (κ2) is 7.03. The van der Waals surface area contributed by atoms with Crippen molar-refractivity contribution >= 4 is 0 Å². The van der Waals surface area contributed by atoms with Crippen LogP contribution >= 0.6 is 0 Å². The molecular weight excluding hydrogens is 342 g/mol. The van der Waals surface area contributed by atoms with Gasteiger partial charge in [-0.1, -0.05) is 18.2 Å². The third-order valence-corrected chi connectivity index (χ3v) is 5.31. The summed E-state index contributed by atoms with van der Waals surface area (Å²) in [7, 11) is 3.04. The van der Waals surface area contributed by atoms with Crippen molar-refractivity contribution < 1.29 is 9.47 Å². The summed E-state index contributed by atoms with van der Waals surface area (Å²) in [6.45, 7) is 1.11. The van der Waals surface area contributed by atoms with Crippen LogP contribution in [0.2, 0.25) is 0 Å². The van der Waals surface area contributed by atoms with Crippen LogP contribution in [0.4, 0.5) is 0 Å². The standard InChI is InChI=1S/C20H19N5O2/c1-26-16-5-3-4-13(18(16)27-2)17-15-9-25-7-6-12(15)14(8-21)19(24)20(17,10-22)11-23/h3-6,15,17,25H,7,9,24H2,1-2H3/t15-,17-/m0/s1. The topological polar surface area (TPSA) is 128 Å². The SMILES string of the molecule is COc1cccc([C@H]2[C@H]3CNCC=C3C(C#N)=C(N)C2(C#N)C#N)c1OC. The molecule has 27 heavy (non-hydrogen) atoms. The lowest BCUT2D eigenvalue weighted by atomic mass is 9.58. The van der Waals surface area contributed by atoms with E-state index in [1.54, 1.807) is 12.1 Å². The molecule has 0 aromatic heterocycles. The molecule has 0 saturated carbocycles. The smallest absolute Gasteiger partial charge is 0.191 e. The fourth-order valence-corrected chi connectivity index (χ4v) is 4.11. The molecule has 0 bridgehead atoms. The van der Waals surface area contributed by atoms with Crippen LogP contribution < -0.4 is 20.5 Å². The summed E-state index contributed by atoms with van der Waals surface area (Å²) in [6.07, 6.45) is 1.90. The van der Waals surface area contributed by atoms with E-state index in [1.807, 2.05) is 12.1 Å². The maximum atomic E-state index is 10.0. The molecule has 0 unspecified atom stereocenters. The van der Waals surface area contributed by atoms with Gasteiger partial charge >= 0.3 is 0 Å². The summed E-state index contributed by atoms with van der Waals surface area (Å²) in [5, 5.41) is 33.0.